The highest BCUT2D eigenvalue weighted by atomic mass is 35.5. The molecule has 0 fully saturated rings. The predicted octanol–water partition coefficient (Wildman–Crippen LogP) is 2.97. The van der Waals surface area contributed by atoms with Crippen LogP contribution in [0, 0.1) is 0 Å². The fourth-order valence-corrected chi connectivity index (χ4v) is 1.99. The number of para-hydroxylation sites is 1. The second-order valence-corrected chi connectivity index (χ2v) is 4.58. The standard InChI is InChI=1S/C14H11ClN4O/c15-10-3-1-2-4-11(10)18-19-14(20)12-6-5-9-7-8-16-13(9)17-12/h1-8,18H,(H,16,17)(H,19,20). The van der Waals surface area contributed by atoms with Crippen LogP contribution in [0.4, 0.5) is 5.69 Å². The lowest BCUT2D eigenvalue weighted by molar-refractivity contribution is 0.0958. The average Bonchev–Trinajstić information content (AvgIpc) is 2.93. The van der Waals surface area contributed by atoms with Crippen LogP contribution in [0.2, 0.25) is 5.02 Å². The van der Waals surface area contributed by atoms with E-state index in [0.717, 1.165) is 5.39 Å². The van der Waals surface area contributed by atoms with E-state index in [1.165, 1.54) is 0 Å². The predicted molar refractivity (Wildman–Crippen MR) is 78.6 cm³/mol. The van der Waals surface area contributed by atoms with Crippen LogP contribution in [0.1, 0.15) is 10.5 Å². The second kappa shape index (κ2) is 5.22. The van der Waals surface area contributed by atoms with Gasteiger partial charge in [0.25, 0.3) is 5.91 Å². The lowest BCUT2D eigenvalue weighted by Gasteiger charge is -2.09. The highest BCUT2D eigenvalue weighted by Crippen LogP contribution is 2.19. The first-order valence-electron chi connectivity index (χ1n) is 5.99. The van der Waals surface area contributed by atoms with Gasteiger partial charge in [-0.1, -0.05) is 23.7 Å². The molecular weight excluding hydrogens is 276 g/mol. The molecule has 1 amide bonds. The number of halogens is 1. The third-order valence-corrected chi connectivity index (χ3v) is 3.16. The molecule has 100 valence electrons. The van der Waals surface area contributed by atoms with Gasteiger partial charge in [-0.25, -0.2) is 4.98 Å². The summed E-state index contributed by atoms with van der Waals surface area (Å²) in [7, 11) is 0. The molecule has 3 rings (SSSR count). The molecule has 3 N–H and O–H groups in total. The van der Waals surface area contributed by atoms with Crippen LogP contribution in [0.15, 0.2) is 48.7 Å². The highest BCUT2D eigenvalue weighted by Gasteiger charge is 2.08. The fraction of sp³-hybridized carbons (Fsp3) is 0. The molecule has 20 heavy (non-hydrogen) atoms. The Morgan fingerprint density at radius 1 is 1.15 bits per heavy atom. The van der Waals surface area contributed by atoms with Crippen LogP contribution in [-0.2, 0) is 0 Å². The van der Waals surface area contributed by atoms with Crippen LogP contribution in [0.5, 0.6) is 0 Å². The molecular formula is C14H11ClN4O. The highest BCUT2D eigenvalue weighted by molar-refractivity contribution is 6.33. The molecule has 0 spiro atoms. The van der Waals surface area contributed by atoms with Gasteiger partial charge < -0.3 is 4.98 Å². The number of H-pyrrole nitrogens is 1. The summed E-state index contributed by atoms with van der Waals surface area (Å²) in [6.07, 6.45) is 1.78. The van der Waals surface area contributed by atoms with Crippen LogP contribution < -0.4 is 10.9 Å². The van der Waals surface area contributed by atoms with E-state index in [-0.39, 0.29) is 5.91 Å². The number of anilines is 1. The topological polar surface area (TPSA) is 69.8 Å². The van der Waals surface area contributed by atoms with E-state index in [4.69, 9.17) is 11.6 Å². The van der Waals surface area contributed by atoms with Gasteiger partial charge in [-0.05, 0) is 30.3 Å². The average molecular weight is 287 g/mol. The Balaban J connectivity index is 1.74. The largest absolute Gasteiger partial charge is 0.346 e. The number of hydrazine groups is 1. The molecule has 0 bridgehead atoms. The molecule has 6 heteroatoms. The summed E-state index contributed by atoms with van der Waals surface area (Å²) in [5, 5.41) is 1.49. The Morgan fingerprint density at radius 3 is 2.85 bits per heavy atom. The first-order chi connectivity index (χ1) is 9.74. The van der Waals surface area contributed by atoms with Crippen LogP contribution >= 0.6 is 11.6 Å². The third kappa shape index (κ3) is 2.44. The number of pyridine rings is 1. The minimum atomic E-state index is -0.332. The summed E-state index contributed by atoms with van der Waals surface area (Å²) in [5.41, 5.74) is 6.96. The Hall–Kier alpha value is -2.53. The van der Waals surface area contributed by atoms with Crippen molar-refractivity contribution in [2.45, 2.75) is 0 Å². The maximum absolute atomic E-state index is 12.0. The molecule has 0 radical (unpaired) electrons. The van der Waals surface area contributed by atoms with E-state index < -0.39 is 0 Å². The zero-order chi connectivity index (χ0) is 13.9. The number of aromatic amines is 1. The maximum atomic E-state index is 12.0. The first-order valence-corrected chi connectivity index (χ1v) is 6.37. The molecule has 3 aromatic rings. The normalized spacial score (nSPS) is 10.4. The molecule has 0 aliphatic heterocycles. The quantitative estimate of drug-likeness (QED) is 0.648. The Bertz CT molecular complexity index is 768. The molecule has 0 unspecified atom stereocenters. The molecule has 1 aromatic carbocycles. The molecule has 5 nitrogen and oxygen atoms in total. The minimum absolute atomic E-state index is 0.319. The second-order valence-electron chi connectivity index (χ2n) is 4.17. The molecule has 2 heterocycles. The molecule has 0 aliphatic carbocycles. The number of nitrogens with one attached hydrogen (secondary N) is 3. The number of carbonyl (C=O) groups is 1. The number of fused-ring (bicyclic) bond motifs is 1. The van der Waals surface area contributed by atoms with E-state index in [1.54, 1.807) is 24.4 Å². The molecule has 2 aromatic heterocycles. The maximum Gasteiger partial charge on any atom is 0.288 e. The summed E-state index contributed by atoms with van der Waals surface area (Å²) in [5.74, 6) is -0.332. The number of nitrogens with zero attached hydrogens (tertiary/aromatic N) is 1. The van der Waals surface area contributed by atoms with Gasteiger partial charge in [0.05, 0.1) is 10.7 Å². The summed E-state index contributed by atoms with van der Waals surface area (Å²) in [4.78, 5) is 19.2. The zero-order valence-electron chi connectivity index (χ0n) is 10.4. The summed E-state index contributed by atoms with van der Waals surface area (Å²) >= 11 is 5.98. The summed E-state index contributed by atoms with van der Waals surface area (Å²) in [6, 6.07) is 12.5. The van der Waals surface area contributed by atoms with E-state index in [1.807, 2.05) is 24.3 Å². The Labute approximate surface area is 119 Å². The Morgan fingerprint density at radius 2 is 2.00 bits per heavy atom. The van der Waals surface area contributed by atoms with Crippen LogP contribution in [-0.4, -0.2) is 15.9 Å². The van der Waals surface area contributed by atoms with Crippen molar-refractivity contribution in [3.05, 3.63) is 59.4 Å². The fourth-order valence-electron chi connectivity index (χ4n) is 1.81. The molecule has 0 saturated heterocycles. The lowest BCUT2D eigenvalue weighted by Crippen LogP contribution is -2.30. The van der Waals surface area contributed by atoms with Gasteiger partial charge >= 0.3 is 0 Å². The summed E-state index contributed by atoms with van der Waals surface area (Å²) in [6.45, 7) is 0. The lowest BCUT2D eigenvalue weighted by atomic mass is 10.3. The van der Waals surface area contributed by atoms with Gasteiger partial charge in [-0.3, -0.25) is 15.6 Å². The van der Waals surface area contributed by atoms with E-state index in [9.17, 15) is 4.79 Å². The van der Waals surface area contributed by atoms with Crippen molar-refractivity contribution in [2.24, 2.45) is 0 Å². The zero-order valence-corrected chi connectivity index (χ0v) is 11.1. The summed E-state index contributed by atoms with van der Waals surface area (Å²) < 4.78 is 0. The van der Waals surface area contributed by atoms with Gasteiger partial charge in [0.15, 0.2) is 0 Å². The SMILES string of the molecule is O=C(NNc1ccccc1Cl)c1ccc2cc[nH]c2n1. The van der Waals surface area contributed by atoms with Gasteiger partial charge in [0.2, 0.25) is 0 Å². The van der Waals surface area contributed by atoms with Gasteiger partial charge in [0.1, 0.15) is 11.3 Å². The monoisotopic (exact) mass is 286 g/mol. The third-order valence-electron chi connectivity index (χ3n) is 2.83. The number of amides is 1. The van der Waals surface area contributed by atoms with E-state index in [0.29, 0.717) is 22.1 Å². The molecule has 0 atom stereocenters. The Kier molecular flexibility index (Phi) is 3.26. The number of hydrogen-bond donors (Lipinski definition) is 3. The van der Waals surface area contributed by atoms with Crippen molar-refractivity contribution in [1.82, 2.24) is 15.4 Å². The molecule has 0 saturated carbocycles. The van der Waals surface area contributed by atoms with Gasteiger partial charge in [0, 0.05) is 11.6 Å². The van der Waals surface area contributed by atoms with Crippen molar-refractivity contribution in [3.63, 3.8) is 0 Å². The van der Waals surface area contributed by atoms with Crippen LogP contribution in [0.25, 0.3) is 11.0 Å². The van der Waals surface area contributed by atoms with Crippen molar-refractivity contribution in [2.75, 3.05) is 5.43 Å². The van der Waals surface area contributed by atoms with Gasteiger partial charge in [-0.2, -0.15) is 0 Å². The molecule has 0 aliphatic rings. The van der Waals surface area contributed by atoms with Crippen molar-refractivity contribution < 1.29 is 4.79 Å². The van der Waals surface area contributed by atoms with E-state index >= 15 is 0 Å². The van der Waals surface area contributed by atoms with Crippen molar-refractivity contribution in [3.8, 4) is 0 Å². The number of carbonyl (C=O) groups excluding carboxylic acids is 1. The smallest absolute Gasteiger partial charge is 0.288 e. The van der Waals surface area contributed by atoms with Crippen LogP contribution in [0.3, 0.4) is 0 Å². The number of aromatic nitrogens is 2. The number of hydrogen-bond acceptors (Lipinski definition) is 3. The number of benzene rings is 1. The van der Waals surface area contributed by atoms with E-state index in [2.05, 4.69) is 20.8 Å². The van der Waals surface area contributed by atoms with Gasteiger partial charge in [-0.15, -0.1) is 0 Å². The minimum Gasteiger partial charge on any atom is -0.346 e. The van der Waals surface area contributed by atoms with Crippen molar-refractivity contribution >= 4 is 34.2 Å². The number of rotatable bonds is 3. The first kappa shape index (κ1) is 12.5. The van der Waals surface area contributed by atoms with Crippen molar-refractivity contribution in [1.29, 1.82) is 0 Å².